The molecule has 8 heteroatoms. The molecular weight excluding hydrogens is 431 g/mol. The van der Waals surface area contributed by atoms with Gasteiger partial charge in [-0.15, -0.1) is 11.3 Å². The van der Waals surface area contributed by atoms with Gasteiger partial charge in [0.1, 0.15) is 0 Å². The summed E-state index contributed by atoms with van der Waals surface area (Å²) >= 11 is 7.37. The fourth-order valence-corrected chi connectivity index (χ4v) is 3.97. The number of aryl methyl sites for hydroxylation is 1. The Hall–Kier alpha value is -0.470. The third-order valence-electron chi connectivity index (χ3n) is 2.62. The maximum Gasteiger partial charge on any atom is 0.200 e. The van der Waals surface area contributed by atoms with Crippen molar-refractivity contribution in [2.75, 3.05) is 0 Å². The largest absolute Gasteiger partial charge is 0.203 e. The van der Waals surface area contributed by atoms with Gasteiger partial charge in [-0.3, -0.25) is 0 Å². The maximum atomic E-state index is 13.7. The summed E-state index contributed by atoms with van der Waals surface area (Å²) in [6, 6.07) is 1.60. The Morgan fingerprint density at radius 3 is 1.80 bits per heavy atom. The number of hydrogen-bond acceptors (Lipinski definition) is 1. The minimum Gasteiger partial charge on any atom is -0.203 e. The first kappa shape index (κ1) is 15.9. The summed E-state index contributed by atoms with van der Waals surface area (Å²) in [6.07, 6.45) is 0. The maximum absolute atomic E-state index is 13.7. The van der Waals surface area contributed by atoms with Crippen LogP contribution in [0.4, 0.5) is 22.0 Å². The smallest absolute Gasteiger partial charge is 0.200 e. The van der Waals surface area contributed by atoms with Gasteiger partial charge in [0.05, 0.1) is 8.61 Å². The van der Waals surface area contributed by atoms with E-state index in [1.807, 2.05) is 0 Å². The molecule has 0 fully saturated rings. The molecule has 108 valence electrons. The van der Waals surface area contributed by atoms with Crippen molar-refractivity contribution in [3.05, 3.63) is 54.9 Å². The van der Waals surface area contributed by atoms with Crippen LogP contribution in [0.15, 0.2) is 9.85 Å². The molecule has 1 aromatic carbocycles. The number of hydrogen-bond donors (Lipinski definition) is 0. The Morgan fingerprint density at radius 1 is 0.950 bits per heavy atom. The van der Waals surface area contributed by atoms with Gasteiger partial charge in [0, 0.05) is 10.4 Å². The van der Waals surface area contributed by atoms with Crippen LogP contribution in [0.3, 0.4) is 0 Å². The zero-order chi connectivity index (χ0) is 15.2. The van der Waals surface area contributed by atoms with Crippen LogP contribution in [-0.4, -0.2) is 0 Å². The van der Waals surface area contributed by atoms with E-state index in [0.717, 1.165) is 20.7 Å². The molecule has 0 radical (unpaired) electrons. The molecule has 20 heavy (non-hydrogen) atoms. The number of alkyl halides is 1. The highest BCUT2D eigenvalue weighted by molar-refractivity contribution is 9.11. The van der Waals surface area contributed by atoms with Crippen molar-refractivity contribution >= 4 is 43.2 Å². The standard InChI is InChI=1S/C12H5Br2F5S/c1-3-2-4(20-12(3)14)6(13)5-7(15)9(17)11(19)10(18)8(5)16/h2,6H,1H3. The predicted molar refractivity (Wildman–Crippen MR) is 73.8 cm³/mol. The monoisotopic (exact) mass is 434 g/mol. The van der Waals surface area contributed by atoms with Crippen LogP contribution >= 0.6 is 43.2 Å². The lowest BCUT2D eigenvalue weighted by molar-refractivity contribution is 0.371. The van der Waals surface area contributed by atoms with E-state index in [9.17, 15) is 22.0 Å². The van der Waals surface area contributed by atoms with E-state index in [2.05, 4.69) is 31.9 Å². The van der Waals surface area contributed by atoms with Crippen LogP contribution in [0.5, 0.6) is 0 Å². The molecule has 0 aliphatic heterocycles. The second-order valence-corrected chi connectivity index (χ2v) is 7.27. The third kappa shape index (κ3) is 2.53. The molecule has 0 aliphatic rings. The average molecular weight is 436 g/mol. The lowest BCUT2D eigenvalue weighted by atomic mass is 10.1. The van der Waals surface area contributed by atoms with Gasteiger partial charge >= 0.3 is 0 Å². The Morgan fingerprint density at radius 2 is 1.40 bits per heavy atom. The first-order valence-electron chi connectivity index (χ1n) is 5.17. The lowest BCUT2D eigenvalue weighted by Crippen LogP contribution is -2.08. The van der Waals surface area contributed by atoms with Gasteiger partial charge in [0.15, 0.2) is 23.3 Å². The van der Waals surface area contributed by atoms with Crippen LogP contribution < -0.4 is 0 Å². The highest BCUT2D eigenvalue weighted by Crippen LogP contribution is 2.42. The molecule has 1 unspecified atom stereocenters. The first-order chi connectivity index (χ1) is 9.25. The fourth-order valence-electron chi connectivity index (χ4n) is 1.60. The molecule has 0 spiro atoms. The van der Waals surface area contributed by atoms with Crippen molar-refractivity contribution < 1.29 is 22.0 Å². The molecule has 1 heterocycles. The number of benzene rings is 1. The molecule has 2 rings (SSSR count). The van der Waals surface area contributed by atoms with E-state index >= 15 is 0 Å². The normalized spacial score (nSPS) is 12.8. The van der Waals surface area contributed by atoms with Crippen molar-refractivity contribution in [3.8, 4) is 0 Å². The van der Waals surface area contributed by atoms with Crippen molar-refractivity contribution in [1.82, 2.24) is 0 Å². The lowest BCUT2D eigenvalue weighted by Gasteiger charge is -2.12. The van der Waals surface area contributed by atoms with Crippen molar-refractivity contribution in [1.29, 1.82) is 0 Å². The molecule has 0 amide bonds. The van der Waals surface area contributed by atoms with E-state index < -0.39 is 39.5 Å². The summed E-state index contributed by atoms with van der Waals surface area (Å²) in [7, 11) is 0. The SMILES string of the molecule is Cc1cc(C(Br)c2c(F)c(F)c(F)c(F)c2F)sc1Br. The first-order valence-corrected chi connectivity index (χ1v) is 7.69. The Kier molecular flexibility index (Phi) is 4.56. The summed E-state index contributed by atoms with van der Waals surface area (Å²) in [5.41, 5.74) is -0.0894. The van der Waals surface area contributed by atoms with Crippen LogP contribution in [0, 0.1) is 36.0 Å². The zero-order valence-corrected chi connectivity index (χ0v) is 13.7. The van der Waals surface area contributed by atoms with Gasteiger partial charge in [-0.05, 0) is 34.5 Å². The van der Waals surface area contributed by atoms with Gasteiger partial charge in [0.2, 0.25) is 5.82 Å². The molecule has 1 aromatic heterocycles. The molecule has 0 N–H and O–H groups in total. The predicted octanol–water partition coefficient (Wildman–Crippen LogP) is 6.00. The minimum absolute atomic E-state index is 0.428. The van der Waals surface area contributed by atoms with Crippen LogP contribution in [0.1, 0.15) is 20.8 Å². The Bertz CT molecular complexity index is 634. The third-order valence-corrected chi connectivity index (χ3v) is 6.08. The van der Waals surface area contributed by atoms with Crippen LogP contribution in [0.25, 0.3) is 0 Å². The molecule has 0 aliphatic carbocycles. The molecule has 2 aromatic rings. The summed E-state index contributed by atoms with van der Waals surface area (Å²) in [6.45, 7) is 1.75. The van der Waals surface area contributed by atoms with E-state index in [1.165, 1.54) is 0 Å². The molecule has 0 saturated carbocycles. The topological polar surface area (TPSA) is 0 Å². The van der Waals surface area contributed by atoms with Gasteiger partial charge in [-0.25, -0.2) is 22.0 Å². The summed E-state index contributed by atoms with van der Waals surface area (Å²) in [5.74, 6) is -9.71. The van der Waals surface area contributed by atoms with Crippen molar-refractivity contribution in [3.63, 3.8) is 0 Å². The highest BCUT2D eigenvalue weighted by atomic mass is 79.9. The fraction of sp³-hybridized carbons (Fsp3) is 0.167. The zero-order valence-electron chi connectivity index (χ0n) is 9.71. The Balaban J connectivity index is 2.63. The minimum atomic E-state index is -2.16. The number of rotatable bonds is 2. The van der Waals surface area contributed by atoms with Gasteiger partial charge in [-0.2, -0.15) is 0 Å². The molecule has 0 saturated heterocycles. The van der Waals surface area contributed by atoms with Gasteiger partial charge < -0.3 is 0 Å². The Labute approximate surface area is 131 Å². The molecule has 1 atom stereocenters. The number of halogens is 7. The van der Waals surface area contributed by atoms with E-state index in [-0.39, 0.29) is 0 Å². The second kappa shape index (κ2) is 5.73. The quantitative estimate of drug-likeness (QED) is 0.235. The van der Waals surface area contributed by atoms with Crippen molar-refractivity contribution in [2.45, 2.75) is 11.8 Å². The van der Waals surface area contributed by atoms with E-state index in [4.69, 9.17) is 0 Å². The van der Waals surface area contributed by atoms with Crippen molar-refractivity contribution in [2.24, 2.45) is 0 Å². The summed E-state index contributed by atoms with van der Waals surface area (Å²) < 4.78 is 67.4. The molecular formula is C12H5Br2F5S. The van der Waals surface area contributed by atoms with Gasteiger partial charge in [-0.1, -0.05) is 15.9 Å². The van der Waals surface area contributed by atoms with Crippen LogP contribution in [0.2, 0.25) is 0 Å². The van der Waals surface area contributed by atoms with Gasteiger partial charge in [0.25, 0.3) is 0 Å². The highest BCUT2D eigenvalue weighted by Gasteiger charge is 2.30. The van der Waals surface area contributed by atoms with Crippen LogP contribution in [-0.2, 0) is 0 Å². The average Bonchev–Trinajstić information content (AvgIpc) is 2.74. The summed E-state index contributed by atoms with van der Waals surface area (Å²) in [4.78, 5) is -0.695. The molecule has 0 nitrogen and oxygen atoms in total. The van der Waals surface area contributed by atoms with E-state index in [1.54, 1.807) is 13.0 Å². The number of thiophene rings is 1. The van der Waals surface area contributed by atoms with E-state index in [0.29, 0.717) is 4.88 Å². The summed E-state index contributed by atoms with van der Waals surface area (Å²) in [5, 5.41) is 0. The second-order valence-electron chi connectivity index (χ2n) is 3.95. The molecule has 0 bridgehead atoms.